The highest BCUT2D eigenvalue weighted by atomic mass is 19.1. The number of piperazine rings is 1. The van der Waals surface area contributed by atoms with E-state index in [0.29, 0.717) is 0 Å². The Morgan fingerprint density at radius 3 is 2.31 bits per heavy atom. The lowest BCUT2D eigenvalue weighted by atomic mass is 9.86. The molecule has 1 aliphatic rings. The molecule has 7 nitrogen and oxygen atoms in total. The lowest BCUT2D eigenvalue weighted by Gasteiger charge is -2.46. The summed E-state index contributed by atoms with van der Waals surface area (Å²) in [4.78, 5) is 39.1. The molecular weight excluding hydrogens is 377 g/mol. The number of carbonyl (C=O) groups excluding carboxylic acids is 2. The Morgan fingerprint density at radius 1 is 1.07 bits per heavy atom. The first kappa shape index (κ1) is 20.2. The molecule has 0 saturated carbocycles. The zero-order valence-electron chi connectivity index (χ0n) is 16.0. The van der Waals surface area contributed by atoms with Crippen molar-refractivity contribution in [2.45, 2.75) is 12.0 Å². The molecule has 2 amide bonds. The normalized spacial score (nSPS) is 21.0. The molecule has 0 N–H and O–H groups in total. The van der Waals surface area contributed by atoms with E-state index < -0.39 is 29.0 Å². The highest BCUT2D eigenvalue weighted by Crippen LogP contribution is 2.33. The van der Waals surface area contributed by atoms with Gasteiger partial charge in [-0.3, -0.25) is 19.7 Å². The third-order valence-corrected chi connectivity index (χ3v) is 5.22. The fraction of sp³-hybridized carbons (Fsp3) is 0.238. The Hall–Kier alpha value is -3.55. The van der Waals surface area contributed by atoms with Crippen LogP contribution in [-0.2, 0) is 16.0 Å². The minimum absolute atomic E-state index is 0.0223. The standard InChI is InChI=1S/C21H20FN3O4/c1-23-18(12-16-10-6-7-11-17(16)25(28)29)19(26)24(2)21(14-22,20(23)27)13-15-8-4-3-5-9-15/h3-12H,13-14H2,1-2H3/b18-12-. The first-order chi connectivity index (χ1) is 13.8. The molecule has 0 bridgehead atoms. The van der Waals surface area contributed by atoms with E-state index >= 15 is 0 Å². The molecule has 1 unspecified atom stereocenters. The molecule has 0 radical (unpaired) electrons. The van der Waals surface area contributed by atoms with Gasteiger partial charge in [0.1, 0.15) is 12.4 Å². The summed E-state index contributed by atoms with van der Waals surface area (Å²) in [6.07, 6.45) is 1.31. The fourth-order valence-electron chi connectivity index (χ4n) is 3.48. The van der Waals surface area contributed by atoms with Gasteiger partial charge in [-0.15, -0.1) is 0 Å². The van der Waals surface area contributed by atoms with Crippen LogP contribution in [0.5, 0.6) is 0 Å². The number of amides is 2. The van der Waals surface area contributed by atoms with E-state index in [1.165, 1.54) is 38.4 Å². The van der Waals surface area contributed by atoms with Crippen LogP contribution in [0.4, 0.5) is 10.1 Å². The lowest BCUT2D eigenvalue weighted by Crippen LogP contribution is -2.67. The van der Waals surface area contributed by atoms with E-state index in [1.807, 2.05) is 6.07 Å². The number of nitro benzene ring substituents is 1. The fourth-order valence-corrected chi connectivity index (χ4v) is 3.48. The SMILES string of the molecule is CN1C(=O)C(CF)(Cc2ccccc2)N(C)C(=O)/C1=C/c1ccccc1[N+](=O)[O-]. The van der Waals surface area contributed by atoms with Crippen molar-refractivity contribution in [1.29, 1.82) is 0 Å². The number of hydrogen-bond acceptors (Lipinski definition) is 4. The number of likely N-dealkylation sites (N-methyl/N-ethyl adjacent to an activating group) is 2. The van der Waals surface area contributed by atoms with E-state index in [0.717, 1.165) is 15.4 Å². The van der Waals surface area contributed by atoms with Crippen LogP contribution >= 0.6 is 0 Å². The number of nitro groups is 1. The van der Waals surface area contributed by atoms with Gasteiger partial charge in [0.2, 0.25) is 0 Å². The molecule has 0 aromatic heterocycles. The minimum Gasteiger partial charge on any atom is -0.323 e. The average molecular weight is 397 g/mol. The molecule has 2 aromatic rings. The number of para-hydroxylation sites is 1. The number of alkyl halides is 1. The van der Waals surface area contributed by atoms with E-state index in [-0.39, 0.29) is 23.4 Å². The zero-order chi connectivity index (χ0) is 21.2. The van der Waals surface area contributed by atoms with Crippen molar-refractivity contribution in [3.05, 3.63) is 81.5 Å². The Kier molecular flexibility index (Phi) is 5.45. The summed E-state index contributed by atoms with van der Waals surface area (Å²) in [5.74, 6) is -1.17. The molecule has 1 atom stereocenters. The van der Waals surface area contributed by atoms with Crippen molar-refractivity contribution in [2.24, 2.45) is 0 Å². The van der Waals surface area contributed by atoms with Crippen LogP contribution in [0.2, 0.25) is 0 Å². The Morgan fingerprint density at radius 2 is 1.69 bits per heavy atom. The topological polar surface area (TPSA) is 83.8 Å². The second kappa shape index (κ2) is 7.83. The van der Waals surface area contributed by atoms with Crippen LogP contribution in [0.1, 0.15) is 11.1 Å². The first-order valence-corrected chi connectivity index (χ1v) is 8.93. The molecule has 1 aliphatic heterocycles. The van der Waals surface area contributed by atoms with Crippen LogP contribution in [0.25, 0.3) is 6.08 Å². The van der Waals surface area contributed by atoms with Crippen LogP contribution in [-0.4, -0.2) is 52.8 Å². The second-order valence-corrected chi connectivity index (χ2v) is 6.90. The monoisotopic (exact) mass is 397 g/mol. The van der Waals surface area contributed by atoms with Crippen molar-refractivity contribution in [3.63, 3.8) is 0 Å². The molecule has 0 aliphatic carbocycles. The van der Waals surface area contributed by atoms with Crippen LogP contribution in [0, 0.1) is 10.1 Å². The molecular formula is C21H20FN3O4. The second-order valence-electron chi connectivity index (χ2n) is 6.90. The Bertz CT molecular complexity index is 992. The van der Waals surface area contributed by atoms with Gasteiger partial charge in [0.05, 0.1) is 10.5 Å². The highest BCUT2D eigenvalue weighted by molar-refractivity contribution is 6.09. The van der Waals surface area contributed by atoms with E-state index in [2.05, 4.69) is 0 Å². The molecule has 1 fully saturated rings. The number of halogens is 1. The van der Waals surface area contributed by atoms with Gasteiger partial charge < -0.3 is 9.80 Å². The van der Waals surface area contributed by atoms with Gasteiger partial charge in [0.15, 0.2) is 5.54 Å². The molecule has 8 heteroatoms. The minimum atomic E-state index is -1.67. The Labute approximate surface area is 167 Å². The number of rotatable bonds is 5. The van der Waals surface area contributed by atoms with E-state index in [9.17, 15) is 24.1 Å². The van der Waals surface area contributed by atoms with Gasteiger partial charge in [-0.05, 0) is 17.7 Å². The summed E-state index contributed by atoms with van der Waals surface area (Å²) in [6, 6.07) is 14.8. The lowest BCUT2D eigenvalue weighted by molar-refractivity contribution is -0.385. The van der Waals surface area contributed by atoms with Gasteiger partial charge in [0, 0.05) is 26.6 Å². The predicted molar refractivity (Wildman–Crippen MR) is 105 cm³/mol. The molecule has 29 heavy (non-hydrogen) atoms. The summed E-state index contributed by atoms with van der Waals surface area (Å²) in [7, 11) is 2.76. The maximum atomic E-state index is 14.2. The molecule has 1 heterocycles. The highest BCUT2D eigenvalue weighted by Gasteiger charge is 2.52. The molecule has 0 spiro atoms. The number of hydrogen-bond donors (Lipinski definition) is 0. The maximum absolute atomic E-state index is 14.2. The summed E-state index contributed by atoms with van der Waals surface area (Å²) in [5.41, 5.74) is -1.01. The Balaban J connectivity index is 2.04. The summed E-state index contributed by atoms with van der Waals surface area (Å²) in [6.45, 7) is -1.05. The van der Waals surface area contributed by atoms with Gasteiger partial charge in [-0.25, -0.2) is 4.39 Å². The smallest absolute Gasteiger partial charge is 0.276 e. The summed E-state index contributed by atoms with van der Waals surface area (Å²) >= 11 is 0. The molecule has 3 rings (SSSR count). The van der Waals surface area contributed by atoms with E-state index in [1.54, 1.807) is 30.3 Å². The number of nitrogens with zero attached hydrogens (tertiary/aromatic N) is 3. The van der Waals surface area contributed by atoms with Crippen molar-refractivity contribution in [2.75, 3.05) is 20.8 Å². The largest absolute Gasteiger partial charge is 0.323 e. The van der Waals surface area contributed by atoms with Crippen LogP contribution in [0.15, 0.2) is 60.3 Å². The van der Waals surface area contributed by atoms with Crippen molar-refractivity contribution in [3.8, 4) is 0 Å². The molecule has 2 aromatic carbocycles. The number of carbonyl (C=O) groups is 2. The third kappa shape index (κ3) is 3.49. The summed E-state index contributed by atoms with van der Waals surface area (Å²) in [5, 5.41) is 11.3. The first-order valence-electron chi connectivity index (χ1n) is 8.93. The quantitative estimate of drug-likeness (QED) is 0.441. The predicted octanol–water partition coefficient (Wildman–Crippen LogP) is 2.82. The zero-order valence-corrected chi connectivity index (χ0v) is 16.0. The van der Waals surface area contributed by atoms with Crippen molar-refractivity contribution < 1.29 is 18.9 Å². The molecule has 150 valence electrons. The van der Waals surface area contributed by atoms with Gasteiger partial charge >= 0.3 is 0 Å². The van der Waals surface area contributed by atoms with Gasteiger partial charge in [-0.1, -0.05) is 42.5 Å². The van der Waals surface area contributed by atoms with E-state index in [4.69, 9.17) is 0 Å². The third-order valence-electron chi connectivity index (χ3n) is 5.22. The average Bonchev–Trinajstić information content (AvgIpc) is 2.74. The maximum Gasteiger partial charge on any atom is 0.276 e. The van der Waals surface area contributed by atoms with Crippen molar-refractivity contribution >= 4 is 23.6 Å². The number of benzene rings is 2. The summed E-state index contributed by atoms with van der Waals surface area (Å²) < 4.78 is 14.2. The van der Waals surface area contributed by atoms with Crippen LogP contribution < -0.4 is 0 Å². The van der Waals surface area contributed by atoms with Crippen molar-refractivity contribution in [1.82, 2.24) is 9.80 Å². The van der Waals surface area contributed by atoms with Crippen LogP contribution in [0.3, 0.4) is 0 Å². The molecule has 1 saturated heterocycles. The van der Waals surface area contributed by atoms with Gasteiger partial charge in [0.25, 0.3) is 17.5 Å². The van der Waals surface area contributed by atoms with Gasteiger partial charge in [-0.2, -0.15) is 0 Å².